The van der Waals surface area contributed by atoms with Gasteiger partial charge >= 0.3 is 0 Å². The number of nitrogens with one attached hydrogen (secondary N) is 1. The number of non-ortho nitro benzene ring substituents is 1. The molecule has 0 amide bonds. The molecule has 0 atom stereocenters. The molecule has 0 aliphatic rings. The van der Waals surface area contributed by atoms with Crippen LogP contribution in [0.1, 0.15) is 16.7 Å². The molecule has 5 aromatic rings. The van der Waals surface area contributed by atoms with E-state index in [0.29, 0.717) is 11.3 Å². The molecule has 0 aromatic heterocycles. The van der Waals surface area contributed by atoms with Crippen LogP contribution in [0.25, 0.3) is 11.1 Å². The Morgan fingerprint density at radius 3 is 1.64 bits per heavy atom. The van der Waals surface area contributed by atoms with Gasteiger partial charge in [-0.2, -0.15) is 8.42 Å². The number of nitrogens with zero attached hydrogens (tertiary/aromatic N) is 1. The molecule has 0 aliphatic heterocycles. The highest BCUT2D eigenvalue weighted by Crippen LogP contribution is 2.41. The van der Waals surface area contributed by atoms with Gasteiger partial charge in [-0.05, 0) is 40.5 Å². The van der Waals surface area contributed by atoms with Gasteiger partial charge in [-0.1, -0.05) is 103 Å². The Hall–Kier alpha value is -4.79. The zero-order valence-electron chi connectivity index (χ0n) is 20.6. The first-order chi connectivity index (χ1) is 18.8. The largest absolute Gasteiger partial charge is 0.368 e. The predicted molar refractivity (Wildman–Crippen MR) is 151 cm³/mol. The fraction of sp³-hybridized carbons (Fsp3) is 0.0323. The molecule has 0 saturated carbocycles. The number of benzene rings is 5. The highest BCUT2D eigenvalue weighted by molar-refractivity contribution is 7.86. The normalized spacial score (nSPS) is 11.6. The van der Waals surface area contributed by atoms with Crippen LogP contribution in [-0.4, -0.2) is 17.9 Å². The van der Waals surface area contributed by atoms with E-state index in [-0.39, 0.29) is 11.3 Å². The number of rotatable bonds is 8. The summed E-state index contributed by atoms with van der Waals surface area (Å²) in [5.41, 5.74) is 2.85. The van der Waals surface area contributed by atoms with Gasteiger partial charge in [0.1, 0.15) is 10.4 Å². The van der Waals surface area contributed by atoms with E-state index in [9.17, 15) is 23.1 Å². The molecule has 0 heterocycles. The molecule has 8 heteroatoms. The van der Waals surface area contributed by atoms with Gasteiger partial charge in [-0.15, -0.1) is 0 Å². The van der Waals surface area contributed by atoms with Crippen LogP contribution < -0.4 is 5.32 Å². The molecule has 0 spiro atoms. The van der Waals surface area contributed by atoms with Crippen LogP contribution in [0.5, 0.6) is 0 Å². The Morgan fingerprint density at radius 2 is 1.18 bits per heavy atom. The van der Waals surface area contributed by atoms with Gasteiger partial charge in [-0.25, -0.2) is 0 Å². The SMILES string of the molecule is O=[N+]([O-])c1ccc(S(=O)(=O)O)c(-c2cccc(NC(c3ccccc3)(c3ccccc3)c3ccccc3)c2)c1. The smallest absolute Gasteiger partial charge is 0.295 e. The quantitative estimate of drug-likeness (QED) is 0.0965. The molecular weight excluding hydrogens is 512 g/mol. The Bertz CT molecular complexity index is 1630. The molecule has 7 nitrogen and oxygen atoms in total. The Morgan fingerprint density at radius 1 is 0.667 bits per heavy atom. The maximum Gasteiger partial charge on any atom is 0.295 e. The minimum Gasteiger partial charge on any atom is -0.368 e. The minimum absolute atomic E-state index is 0.0279. The molecule has 0 fully saturated rings. The van der Waals surface area contributed by atoms with Gasteiger partial charge in [0.05, 0.1) is 4.92 Å². The monoisotopic (exact) mass is 536 g/mol. The van der Waals surface area contributed by atoms with Crippen molar-refractivity contribution in [1.29, 1.82) is 0 Å². The Balaban J connectivity index is 1.73. The first-order valence-corrected chi connectivity index (χ1v) is 13.5. The third kappa shape index (κ3) is 5.16. The first-order valence-electron chi connectivity index (χ1n) is 12.1. The van der Waals surface area contributed by atoms with Crippen LogP contribution in [0.4, 0.5) is 11.4 Å². The van der Waals surface area contributed by atoms with Crippen molar-refractivity contribution in [1.82, 2.24) is 0 Å². The van der Waals surface area contributed by atoms with E-state index in [0.717, 1.165) is 34.9 Å². The van der Waals surface area contributed by atoms with Crippen LogP contribution in [0.3, 0.4) is 0 Å². The Kier molecular flexibility index (Phi) is 6.98. The van der Waals surface area contributed by atoms with Gasteiger partial charge in [0.2, 0.25) is 0 Å². The number of nitro benzene ring substituents is 1. The van der Waals surface area contributed by atoms with Crippen LogP contribution in [-0.2, 0) is 15.7 Å². The topological polar surface area (TPSA) is 110 Å². The summed E-state index contributed by atoms with van der Waals surface area (Å²) in [6, 6.07) is 40.1. The summed E-state index contributed by atoms with van der Waals surface area (Å²) in [6.07, 6.45) is 0. The summed E-state index contributed by atoms with van der Waals surface area (Å²) >= 11 is 0. The van der Waals surface area contributed by atoms with Crippen LogP contribution in [0.2, 0.25) is 0 Å². The number of hydrogen-bond acceptors (Lipinski definition) is 5. The lowest BCUT2D eigenvalue weighted by atomic mass is 9.76. The molecular formula is C31H24N2O5S. The van der Waals surface area contributed by atoms with E-state index in [1.54, 1.807) is 18.2 Å². The zero-order chi connectivity index (χ0) is 27.5. The summed E-state index contributed by atoms with van der Waals surface area (Å²) < 4.78 is 34.1. The number of hydrogen-bond donors (Lipinski definition) is 2. The molecule has 0 bridgehead atoms. The maximum absolute atomic E-state index is 12.1. The molecule has 0 saturated heterocycles. The third-order valence-corrected chi connectivity index (χ3v) is 7.49. The van der Waals surface area contributed by atoms with E-state index < -0.39 is 25.5 Å². The molecule has 39 heavy (non-hydrogen) atoms. The molecule has 5 aromatic carbocycles. The van der Waals surface area contributed by atoms with E-state index in [1.165, 1.54) is 0 Å². The van der Waals surface area contributed by atoms with Gasteiger partial charge < -0.3 is 5.32 Å². The highest BCUT2D eigenvalue weighted by atomic mass is 32.2. The second-order valence-electron chi connectivity index (χ2n) is 8.97. The van der Waals surface area contributed by atoms with Gasteiger partial charge in [0.15, 0.2) is 0 Å². The van der Waals surface area contributed by atoms with Crippen molar-refractivity contribution in [2.45, 2.75) is 10.4 Å². The summed E-state index contributed by atoms with van der Waals surface area (Å²) in [4.78, 5) is 10.4. The van der Waals surface area contributed by atoms with Gasteiger partial charge in [-0.3, -0.25) is 14.7 Å². The summed E-state index contributed by atoms with van der Waals surface area (Å²) in [5, 5.41) is 15.2. The van der Waals surface area contributed by atoms with Crippen molar-refractivity contribution < 1.29 is 17.9 Å². The number of nitro groups is 1. The maximum atomic E-state index is 12.1. The van der Waals surface area contributed by atoms with E-state index >= 15 is 0 Å². The minimum atomic E-state index is -4.64. The van der Waals surface area contributed by atoms with Crippen molar-refractivity contribution >= 4 is 21.5 Å². The zero-order valence-corrected chi connectivity index (χ0v) is 21.5. The second-order valence-corrected chi connectivity index (χ2v) is 10.4. The second kappa shape index (κ2) is 10.5. The van der Waals surface area contributed by atoms with Crippen molar-refractivity contribution in [2.75, 3.05) is 5.32 Å². The highest BCUT2D eigenvalue weighted by Gasteiger charge is 2.36. The molecule has 194 valence electrons. The summed E-state index contributed by atoms with van der Waals surface area (Å²) in [5.74, 6) is 0. The average molecular weight is 537 g/mol. The average Bonchev–Trinajstić information content (AvgIpc) is 2.96. The lowest BCUT2D eigenvalue weighted by molar-refractivity contribution is -0.384. The van der Waals surface area contributed by atoms with Crippen LogP contribution >= 0.6 is 0 Å². The van der Waals surface area contributed by atoms with Gasteiger partial charge in [0, 0.05) is 23.4 Å². The lowest BCUT2D eigenvalue weighted by Crippen LogP contribution is -2.38. The molecule has 0 aliphatic carbocycles. The number of anilines is 1. The Labute approximate surface area is 226 Å². The fourth-order valence-electron chi connectivity index (χ4n) is 4.84. The third-order valence-electron chi connectivity index (χ3n) is 6.58. The van der Waals surface area contributed by atoms with E-state index in [4.69, 9.17) is 0 Å². The molecule has 0 radical (unpaired) electrons. The molecule has 2 N–H and O–H groups in total. The molecule has 0 unspecified atom stereocenters. The lowest BCUT2D eigenvalue weighted by Gasteiger charge is -2.38. The van der Waals surface area contributed by atoms with Crippen molar-refractivity contribution in [3.63, 3.8) is 0 Å². The summed E-state index contributed by atoms with van der Waals surface area (Å²) in [7, 11) is -4.64. The van der Waals surface area contributed by atoms with Crippen molar-refractivity contribution in [3.8, 4) is 11.1 Å². The van der Waals surface area contributed by atoms with Crippen LogP contribution in [0, 0.1) is 10.1 Å². The standard InChI is InChI=1S/C31H24N2O5S/c34-33(35)28-19-20-30(39(36,37)38)29(22-28)23-11-10-18-27(21-23)32-31(24-12-4-1-5-13-24,25-14-6-2-7-15-25)26-16-8-3-9-17-26/h1-22,32H,(H,36,37,38). The fourth-order valence-corrected chi connectivity index (χ4v) is 5.54. The van der Waals surface area contributed by atoms with Crippen molar-refractivity contribution in [3.05, 3.63) is 160 Å². The first kappa shape index (κ1) is 25.8. The van der Waals surface area contributed by atoms with E-state index in [2.05, 4.69) is 5.32 Å². The molecule has 5 rings (SSSR count). The van der Waals surface area contributed by atoms with E-state index in [1.807, 2.05) is 97.1 Å². The van der Waals surface area contributed by atoms with Crippen molar-refractivity contribution in [2.24, 2.45) is 0 Å². The predicted octanol–water partition coefficient (Wildman–Crippen LogP) is 6.91. The summed E-state index contributed by atoms with van der Waals surface area (Å²) in [6.45, 7) is 0. The van der Waals surface area contributed by atoms with Crippen LogP contribution in [0.15, 0.2) is 138 Å². The van der Waals surface area contributed by atoms with Gasteiger partial charge in [0.25, 0.3) is 15.8 Å².